The van der Waals surface area contributed by atoms with Crippen LogP contribution in [0.1, 0.15) is 11.4 Å². The molecule has 1 aromatic heterocycles. The second kappa shape index (κ2) is 5.83. The topological polar surface area (TPSA) is 43.8 Å². The largest absolute Gasteiger partial charge is 0.397 e. The van der Waals surface area contributed by atoms with Crippen molar-refractivity contribution >= 4 is 16.7 Å². The molecule has 0 amide bonds. The van der Waals surface area contributed by atoms with Gasteiger partial charge >= 0.3 is 0 Å². The average Bonchev–Trinajstić information content (AvgIpc) is 2.86. The van der Waals surface area contributed by atoms with Crippen LogP contribution in [0.15, 0.2) is 61.2 Å². The molecule has 0 fully saturated rings. The number of para-hydroxylation sites is 1. The number of benzene rings is 2. The Morgan fingerprint density at radius 1 is 1.05 bits per heavy atom. The number of aryl methyl sites for hydroxylation is 2. The van der Waals surface area contributed by atoms with Crippen molar-refractivity contribution < 1.29 is 0 Å². The number of hydrogen-bond acceptors (Lipinski definition) is 2. The van der Waals surface area contributed by atoms with E-state index in [1.807, 2.05) is 24.3 Å². The van der Waals surface area contributed by atoms with Crippen molar-refractivity contribution in [2.24, 2.45) is 0 Å². The smallest absolute Gasteiger partial charge is 0.112 e. The lowest BCUT2D eigenvalue weighted by Crippen LogP contribution is -2.04. The van der Waals surface area contributed by atoms with Gasteiger partial charge in [0.2, 0.25) is 0 Å². The molecule has 0 aliphatic heterocycles. The number of nitrogen functional groups attached to an aromatic ring is 1. The van der Waals surface area contributed by atoms with Gasteiger partial charge in [-0.1, -0.05) is 42.5 Å². The van der Waals surface area contributed by atoms with Crippen LogP contribution in [0, 0.1) is 0 Å². The zero-order chi connectivity index (χ0) is 14.7. The first-order chi connectivity index (χ1) is 10.3. The maximum absolute atomic E-state index is 6.04. The first-order valence-corrected chi connectivity index (χ1v) is 7.18. The Morgan fingerprint density at radius 3 is 2.62 bits per heavy atom. The van der Waals surface area contributed by atoms with E-state index in [1.165, 1.54) is 5.56 Å². The lowest BCUT2D eigenvalue weighted by Gasteiger charge is -2.06. The van der Waals surface area contributed by atoms with E-state index in [9.17, 15) is 0 Å². The van der Waals surface area contributed by atoms with Gasteiger partial charge in [0.25, 0.3) is 0 Å². The van der Waals surface area contributed by atoms with Crippen LogP contribution in [-0.2, 0) is 19.4 Å². The highest BCUT2D eigenvalue weighted by atomic mass is 15.1. The SMILES string of the molecule is C=CCn1c(CCc2ccccc2)nc2c(N)cccc21. The Hall–Kier alpha value is -2.55. The standard InChI is InChI=1S/C18H19N3/c1-2-13-21-16-10-6-9-15(19)18(16)20-17(21)12-11-14-7-4-3-5-8-14/h2-10H,1,11-13,19H2. The van der Waals surface area contributed by atoms with Crippen molar-refractivity contribution in [1.29, 1.82) is 0 Å². The highest BCUT2D eigenvalue weighted by Gasteiger charge is 2.11. The average molecular weight is 277 g/mol. The van der Waals surface area contributed by atoms with E-state index in [-0.39, 0.29) is 0 Å². The fourth-order valence-corrected chi connectivity index (χ4v) is 2.64. The van der Waals surface area contributed by atoms with Crippen LogP contribution in [0.3, 0.4) is 0 Å². The van der Waals surface area contributed by atoms with Gasteiger partial charge in [-0.2, -0.15) is 0 Å². The molecule has 0 spiro atoms. The van der Waals surface area contributed by atoms with Crippen molar-refractivity contribution in [3.05, 3.63) is 72.6 Å². The lowest BCUT2D eigenvalue weighted by molar-refractivity contribution is 0.743. The number of fused-ring (bicyclic) bond motifs is 1. The van der Waals surface area contributed by atoms with E-state index in [1.54, 1.807) is 0 Å². The van der Waals surface area contributed by atoms with Crippen LogP contribution < -0.4 is 5.73 Å². The monoisotopic (exact) mass is 277 g/mol. The summed E-state index contributed by atoms with van der Waals surface area (Å²) in [6.45, 7) is 4.60. The molecule has 0 bridgehead atoms. The summed E-state index contributed by atoms with van der Waals surface area (Å²) < 4.78 is 2.20. The quantitative estimate of drug-likeness (QED) is 0.572. The first-order valence-electron chi connectivity index (χ1n) is 7.18. The van der Waals surface area contributed by atoms with E-state index < -0.39 is 0 Å². The van der Waals surface area contributed by atoms with E-state index in [2.05, 4.69) is 41.5 Å². The number of aromatic nitrogens is 2. The van der Waals surface area contributed by atoms with Gasteiger partial charge in [0.05, 0.1) is 11.2 Å². The molecule has 0 saturated carbocycles. The minimum atomic E-state index is 0.733. The third-order valence-electron chi connectivity index (χ3n) is 3.68. The molecule has 0 aliphatic rings. The maximum atomic E-state index is 6.04. The zero-order valence-corrected chi connectivity index (χ0v) is 12.0. The fourth-order valence-electron chi connectivity index (χ4n) is 2.64. The number of anilines is 1. The van der Waals surface area contributed by atoms with Gasteiger partial charge in [-0.15, -0.1) is 6.58 Å². The number of imidazole rings is 1. The van der Waals surface area contributed by atoms with Crippen molar-refractivity contribution in [2.45, 2.75) is 19.4 Å². The molecule has 2 N–H and O–H groups in total. The molecule has 3 heteroatoms. The van der Waals surface area contributed by atoms with Crippen LogP contribution >= 0.6 is 0 Å². The fraction of sp³-hybridized carbons (Fsp3) is 0.167. The second-order valence-electron chi connectivity index (χ2n) is 5.13. The van der Waals surface area contributed by atoms with E-state index >= 15 is 0 Å². The summed E-state index contributed by atoms with van der Waals surface area (Å²) in [6.07, 6.45) is 3.77. The minimum absolute atomic E-state index is 0.733. The summed E-state index contributed by atoms with van der Waals surface area (Å²) in [5, 5.41) is 0. The molecule has 1 heterocycles. The van der Waals surface area contributed by atoms with Crippen LogP contribution in [0.4, 0.5) is 5.69 Å². The third kappa shape index (κ3) is 2.68. The van der Waals surface area contributed by atoms with E-state index in [0.29, 0.717) is 0 Å². The predicted molar refractivity (Wildman–Crippen MR) is 88.2 cm³/mol. The summed E-state index contributed by atoms with van der Waals surface area (Å²) in [7, 11) is 0. The summed E-state index contributed by atoms with van der Waals surface area (Å²) in [4.78, 5) is 4.74. The summed E-state index contributed by atoms with van der Waals surface area (Å²) in [5.74, 6) is 1.06. The zero-order valence-electron chi connectivity index (χ0n) is 12.0. The molecule has 21 heavy (non-hydrogen) atoms. The maximum Gasteiger partial charge on any atom is 0.112 e. The lowest BCUT2D eigenvalue weighted by atomic mass is 10.1. The highest BCUT2D eigenvalue weighted by molar-refractivity contribution is 5.87. The molecule has 106 valence electrons. The van der Waals surface area contributed by atoms with E-state index in [0.717, 1.165) is 41.9 Å². The van der Waals surface area contributed by atoms with Crippen molar-refractivity contribution in [3.63, 3.8) is 0 Å². The van der Waals surface area contributed by atoms with Crippen LogP contribution in [0.5, 0.6) is 0 Å². The Kier molecular flexibility index (Phi) is 3.73. The van der Waals surface area contributed by atoms with Crippen LogP contribution in [-0.4, -0.2) is 9.55 Å². The predicted octanol–water partition coefficient (Wildman–Crippen LogP) is 3.59. The molecule has 0 unspecified atom stereocenters. The minimum Gasteiger partial charge on any atom is -0.397 e. The van der Waals surface area contributed by atoms with Gasteiger partial charge in [0.15, 0.2) is 0 Å². The number of nitrogens with zero attached hydrogens (tertiary/aromatic N) is 2. The summed E-state index contributed by atoms with van der Waals surface area (Å²) in [5.41, 5.74) is 10.1. The van der Waals surface area contributed by atoms with Crippen LogP contribution in [0.25, 0.3) is 11.0 Å². The summed E-state index contributed by atoms with van der Waals surface area (Å²) >= 11 is 0. The molecule has 2 aromatic carbocycles. The van der Waals surface area contributed by atoms with Crippen molar-refractivity contribution in [1.82, 2.24) is 9.55 Å². The molecule has 0 radical (unpaired) electrons. The molecule has 0 aliphatic carbocycles. The number of allylic oxidation sites excluding steroid dienone is 1. The van der Waals surface area contributed by atoms with E-state index in [4.69, 9.17) is 10.7 Å². The highest BCUT2D eigenvalue weighted by Crippen LogP contribution is 2.22. The molecule has 3 nitrogen and oxygen atoms in total. The van der Waals surface area contributed by atoms with Crippen molar-refractivity contribution in [2.75, 3.05) is 5.73 Å². The van der Waals surface area contributed by atoms with Gasteiger partial charge < -0.3 is 10.3 Å². The molecule has 0 atom stereocenters. The third-order valence-corrected chi connectivity index (χ3v) is 3.68. The number of nitrogens with two attached hydrogens (primary N) is 1. The number of hydrogen-bond donors (Lipinski definition) is 1. The molecular weight excluding hydrogens is 258 g/mol. The Morgan fingerprint density at radius 2 is 1.86 bits per heavy atom. The summed E-state index contributed by atoms with van der Waals surface area (Å²) in [6, 6.07) is 16.4. The molecule has 0 saturated heterocycles. The Balaban J connectivity index is 1.95. The molecular formula is C18H19N3. The van der Waals surface area contributed by atoms with Gasteiger partial charge in [0.1, 0.15) is 11.3 Å². The normalized spacial score (nSPS) is 10.9. The van der Waals surface area contributed by atoms with Crippen LogP contribution in [0.2, 0.25) is 0 Å². The van der Waals surface area contributed by atoms with Crippen molar-refractivity contribution in [3.8, 4) is 0 Å². The molecule has 3 aromatic rings. The first kappa shape index (κ1) is 13.4. The Bertz CT molecular complexity index is 757. The van der Waals surface area contributed by atoms with Gasteiger partial charge in [-0.05, 0) is 24.1 Å². The molecule has 3 rings (SSSR count). The van der Waals surface area contributed by atoms with Gasteiger partial charge in [0, 0.05) is 13.0 Å². The Labute approximate surface area is 124 Å². The van der Waals surface area contributed by atoms with Gasteiger partial charge in [-0.3, -0.25) is 0 Å². The number of rotatable bonds is 5. The second-order valence-corrected chi connectivity index (χ2v) is 5.13. The van der Waals surface area contributed by atoms with Gasteiger partial charge in [-0.25, -0.2) is 4.98 Å².